The fraction of sp³-hybridized carbons (Fsp3) is 0.267. The van der Waals surface area contributed by atoms with Crippen molar-refractivity contribution in [3.05, 3.63) is 101 Å². The number of phenols is 1. The summed E-state index contributed by atoms with van der Waals surface area (Å²) in [5.41, 5.74) is 4.98. The van der Waals surface area contributed by atoms with Crippen LogP contribution in [0.2, 0.25) is 0 Å². The van der Waals surface area contributed by atoms with Crippen molar-refractivity contribution in [3.63, 3.8) is 0 Å². The number of hydrogen-bond donors (Lipinski definition) is 3. The van der Waals surface area contributed by atoms with E-state index in [4.69, 9.17) is 5.11 Å². The van der Waals surface area contributed by atoms with E-state index in [0.29, 0.717) is 13.0 Å². The number of benzene rings is 3. The zero-order chi connectivity index (χ0) is 25.7. The number of aromatic hydroxyl groups is 1. The fourth-order valence-electron chi connectivity index (χ4n) is 4.72. The predicted molar refractivity (Wildman–Crippen MR) is 139 cm³/mol. The third-order valence-electron chi connectivity index (χ3n) is 6.70. The summed E-state index contributed by atoms with van der Waals surface area (Å²) in [7, 11) is 0. The molecule has 0 saturated carbocycles. The Morgan fingerprint density at radius 2 is 1.89 bits per heavy atom. The van der Waals surface area contributed by atoms with Crippen LogP contribution >= 0.6 is 0 Å². The molecule has 6 nitrogen and oxygen atoms in total. The highest BCUT2D eigenvalue weighted by atomic mass is 16.4. The summed E-state index contributed by atoms with van der Waals surface area (Å²) in [5.74, 6) is -0.601. The summed E-state index contributed by atoms with van der Waals surface area (Å²) < 4.78 is 0. The molecule has 1 saturated heterocycles. The second-order valence-electron chi connectivity index (χ2n) is 9.25. The minimum absolute atomic E-state index is 0.0518. The van der Waals surface area contributed by atoms with Gasteiger partial charge in [0.25, 0.3) is 0 Å². The van der Waals surface area contributed by atoms with Gasteiger partial charge in [-0.1, -0.05) is 48.6 Å². The molecule has 0 aliphatic carbocycles. The minimum Gasteiger partial charge on any atom is -0.508 e. The first-order valence-corrected chi connectivity index (χ1v) is 12.2. The van der Waals surface area contributed by atoms with Crippen molar-refractivity contribution in [2.75, 3.05) is 6.54 Å². The molecule has 0 spiro atoms. The molecule has 6 heteroatoms. The van der Waals surface area contributed by atoms with Gasteiger partial charge in [0.15, 0.2) is 0 Å². The van der Waals surface area contributed by atoms with E-state index in [9.17, 15) is 19.8 Å². The van der Waals surface area contributed by atoms with Crippen LogP contribution in [-0.4, -0.2) is 44.7 Å². The molecule has 1 heterocycles. The van der Waals surface area contributed by atoms with Crippen LogP contribution in [0.25, 0.3) is 11.1 Å². The van der Waals surface area contributed by atoms with Crippen molar-refractivity contribution in [1.82, 2.24) is 4.90 Å². The van der Waals surface area contributed by atoms with Gasteiger partial charge in [-0.3, -0.25) is 4.79 Å². The number of aromatic carboxylic acids is 1. The fourth-order valence-corrected chi connectivity index (χ4v) is 4.72. The quantitative estimate of drug-likeness (QED) is 0.358. The summed E-state index contributed by atoms with van der Waals surface area (Å²) in [4.78, 5) is 25.3. The van der Waals surface area contributed by atoms with Crippen molar-refractivity contribution < 1.29 is 24.9 Å². The van der Waals surface area contributed by atoms with Crippen LogP contribution in [0.5, 0.6) is 5.75 Å². The maximum absolute atomic E-state index is 12.5. The van der Waals surface area contributed by atoms with Gasteiger partial charge in [0.1, 0.15) is 5.75 Å². The lowest BCUT2D eigenvalue weighted by Gasteiger charge is -2.23. The molecule has 1 fully saturated rings. The number of nitrogens with zero attached hydrogens (tertiary/aromatic N) is 1. The zero-order valence-electron chi connectivity index (χ0n) is 20.3. The molecule has 1 amide bonds. The minimum atomic E-state index is -0.941. The third-order valence-corrected chi connectivity index (χ3v) is 6.70. The number of phenolic OH excluding ortho intramolecular Hbond substituents is 1. The molecule has 1 aliphatic heterocycles. The SMILES string of the molecule is Cc1cc(O)ccc1-c1cccc(C(O)/C=C/C2CCC(=O)N2CCCc2ccc(C(=O)O)cc2)c1. The Morgan fingerprint density at radius 3 is 2.61 bits per heavy atom. The predicted octanol–water partition coefficient (Wildman–Crippen LogP) is 5.28. The highest BCUT2D eigenvalue weighted by Crippen LogP contribution is 2.29. The van der Waals surface area contributed by atoms with Crippen LogP contribution in [0.4, 0.5) is 0 Å². The number of aliphatic hydroxyl groups excluding tert-OH is 1. The first-order chi connectivity index (χ1) is 17.3. The topological polar surface area (TPSA) is 98.1 Å². The van der Waals surface area contributed by atoms with E-state index in [1.54, 1.807) is 30.3 Å². The number of hydrogen-bond acceptors (Lipinski definition) is 4. The van der Waals surface area contributed by atoms with Gasteiger partial charge in [-0.15, -0.1) is 0 Å². The lowest BCUT2D eigenvalue weighted by atomic mass is 9.97. The van der Waals surface area contributed by atoms with Crippen molar-refractivity contribution in [2.45, 2.75) is 44.8 Å². The van der Waals surface area contributed by atoms with E-state index in [0.717, 1.165) is 47.1 Å². The number of carbonyl (C=O) groups excluding carboxylic acids is 1. The second kappa shape index (κ2) is 11.2. The van der Waals surface area contributed by atoms with E-state index in [-0.39, 0.29) is 23.3 Å². The molecule has 2 atom stereocenters. The smallest absolute Gasteiger partial charge is 0.335 e. The molecule has 0 aromatic heterocycles. The van der Waals surface area contributed by atoms with Crippen molar-refractivity contribution in [1.29, 1.82) is 0 Å². The molecular formula is C30H31NO5. The molecule has 3 N–H and O–H groups in total. The number of carboxylic acid groups (broad SMARTS) is 1. The summed E-state index contributed by atoms with van der Waals surface area (Å²) >= 11 is 0. The van der Waals surface area contributed by atoms with Crippen LogP contribution < -0.4 is 0 Å². The lowest BCUT2D eigenvalue weighted by molar-refractivity contribution is -0.128. The monoisotopic (exact) mass is 485 g/mol. The summed E-state index contributed by atoms with van der Waals surface area (Å²) in [6.45, 7) is 2.55. The molecule has 3 aromatic rings. The standard InChI is InChI=1S/C30H31NO5/c1-20-18-26(32)13-14-27(20)23-5-2-6-24(19-23)28(33)15-11-25-12-16-29(34)31(25)17-3-4-21-7-9-22(10-8-21)30(35)36/h2,5-11,13-15,18-19,25,28,32-33H,3-4,12,16-17H2,1H3,(H,35,36)/b15-11+. The highest BCUT2D eigenvalue weighted by molar-refractivity contribution is 5.87. The van der Waals surface area contributed by atoms with Gasteiger partial charge in [-0.25, -0.2) is 4.79 Å². The van der Waals surface area contributed by atoms with Gasteiger partial charge in [0.2, 0.25) is 5.91 Å². The van der Waals surface area contributed by atoms with E-state index < -0.39 is 12.1 Å². The largest absolute Gasteiger partial charge is 0.508 e. The number of likely N-dealkylation sites (tertiary alicyclic amines) is 1. The Bertz CT molecular complexity index is 1260. The van der Waals surface area contributed by atoms with Crippen LogP contribution in [0.15, 0.2) is 78.9 Å². The van der Waals surface area contributed by atoms with Crippen molar-refractivity contribution >= 4 is 11.9 Å². The number of carboxylic acids is 1. The zero-order valence-corrected chi connectivity index (χ0v) is 20.3. The Morgan fingerprint density at radius 1 is 1.11 bits per heavy atom. The van der Waals surface area contributed by atoms with E-state index in [1.807, 2.05) is 60.4 Å². The molecule has 0 radical (unpaired) electrons. The average molecular weight is 486 g/mol. The van der Waals surface area contributed by atoms with Gasteiger partial charge in [-0.2, -0.15) is 0 Å². The molecule has 1 aliphatic rings. The van der Waals surface area contributed by atoms with Crippen LogP contribution in [0.3, 0.4) is 0 Å². The number of carbonyl (C=O) groups is 2. The summed E-state index contributed by atoms with van der Waals surface area (Å²) in [6, 6.07) is 19.7. The summed E-state index contributed by atoms with van der Waals surface area (Å²) in [5, 5.41) is 29.5. The Labute approximate surface area is 211 Å². The van der Waals surface area contributed by atoms with Crippen LogP contribution in [-0.2, 0) is 11.2 Å². The molecule has 0 bridgehead atoms. The van der Waals surface area contributed by atoms with Crippen LogP contribution in [0, 0.1) is 6.92 Å². The number of aliphatic hydroxyl groups is 1. The van der Waals surface area contributed by atoms with E-state index >= 15 is 0 Å². The maximum Gasteiger partial charge on any atom is 0.335 e. The third kappa shape index (κ3) is 6.01. The summed E-state index contributed by atoms with van der Waals surface area (Å²) in [6.07, 6.45) is 5.63. The van der Waals surface area contributed by atoms with Gasteiger partial charge >= 0.3 is 5.97 Å². The van der Waals surface area contributed by atoms with Gasteiger partial charge in [0, 0.05) is 13.0 Å². The maximum atomic E-state index is 12.5. The number of aryl methyl sites for hydroxylation is 2. The highest BCUT2D eigenvalue weighted by Gasteiger charge is 2.28. The van der Waals surface area contributed by atoms with Crippen molar-refractivity contribution in [2.24, 2.45) is 0 Å². The average Bonchev–Trinajstić information content (AvgIpc) is 3.22. The first kappa shape index (κ1) is 25.2. The number of rotatable bonds is 9. The van der Waals surface area contributed by atoms with Crippen molar-refractivity contribution in [3.8, 4) is 16.9 Å². The molecule has 4 rings (SSSR count). The van der Waals surface area contributed by atoms with Gasteiger partial charge in [-0.05, 0) is 84.3 Å². The molecule has 2 unspecified atom stereocenters. The lowest BCUT2D eigenvalue weighted by Crippen LogP contribution is -2.33. The second-order valence-corrected chi connectivity index (χ2v) is 9.25. The van der Waals surface area contributed by atoms with E-state index in [1.165, 1.54) is 0 Å². The molecule has 3 aromatic carbocycles. The van der Waals surface area contributed by atoms with Gasteiger partial charge in [0.05, 0.1) is 17.7 Å². The van der Waals surface area contributed by atoms with Gasteiger partial charge < -0.3 is 20.2 Å². The Kier molecular flexibility index (Phi) is 7.86. The molecule has 36 heavy (non-hydrogen) atoms. The Balaban J connectivity index is 1.37. The normalized spacial score (nSPS) is 16.6. The van der Waals surface area contributed by atoms with Crippen LogP contribution in [0.1, 0.15) is 52.4 Å². The Hall–Kier alpha value is -3.90. The van der Waals surface area contributed by atoms with E-state index in [2.05, 4.69) is 0 Å². The first-order valence-electron chi connectivity index (χ1n) is 12.2. The molecular weight excluding hydrogens is 454 g/mol. The number of amides is 1. The molecule has 186 valence electrons.